The molecule has 0 aliphatic carbocycles. The Kier molecular flexibility index (Phi) is 9.60. The van der Waals surface area contributed by atoms with Crippen LogP contribution < -0.4 is 0 Å². The van der Waals surface area contributed by atoms with E-state index in [-0.39, 0.29) is 41.0 Å². The van der Waals surface area contributed by atoms with Crippen molar-refractivity contribution in [3.63, 3.8) is 0 Å². The number of halogens is 1. The monoisotopic (exact) mass is 651 g/mol. The van der Waals surface area contributed by atoms with Gasteiger partial charge in [-0.05, 0) is 24.0 Å². The highest BCUT2D eigenvalue weighted by Crippen LogP contribution is 2.68. The minimum absolute atomic E-state index is 0.0159. The van der Waals surface area contributed by atoms with Crippen LogP contribution in [0.5, 0.6) is 0 Å². The van der Waals surface area contributed by atoms with Gasteiger partial charge in [0.25, 0.3) is 0 Å². The second kappa shape index (κ2) is 13.2. The van der Waals surface area contributed by atoms with Gasteiger partial charge in [-0.25, -0.2) is 0 Å². The number of nitrogens with zero attached hydrogens (tertiary/aromatic N) is 3. The second-order valence-electron chi connectivity index (χ2n) is 11.3. The number of hydrogen-bond donors (Lipinski definition) is 1. The first-order valence-corrected chi connectivity index (χ1v) is 16.3. The van der Waals surface area contributed by atoms with E-state index in [4.69, 9.17) is 0 Å². The van der Waals surface area contributed by atoms with Crippen LogP contribution in [0.25, 0.3) is 0 Å². The zero-order valence-electron chi connectivity index (χ0n) is 23.7. The molecule has 3 heterocycles. The van der Waals surface area contributed by atoms with Crippen LogP contribution in [0.1, 0.15) is 24.0 Å². The summed E-state index contributed by atoms with van der Waals surface area (Å²) in [6.45, 7) is 9.45. The standard InChI is InChI=1S/C33H38BrN3O4S/c1-3-16-35(21-23-12-7-5-8-13-23)30(39)26-27-31(40)37(18-11-19-38)29(33(27)20-25(34)28(26)42-33)32(41)36(17-4-2)22-24-14-9-6-10-15-24/h3-10,12-15,25-29,38H,1-2,11,16-22H2/t25?,26-,27-,28-,29?,33?/m0/s1. The summed E-state index contributed by atoms with van der Waals surface area (Å²) in [6, 6.07) is 18.9. The van der Waals surface area contributed by atoms with E-state index in [1.165, 1.54) is 0 Å². The van der Waals surface area contributed by atoms with Crippen LogP contribution >= 0.6 is 27.7 Å². The van der Waals surface area contributed by atoms with Gasteiger partial charge in [-0.3, -0.25) is 14.4 Å². The average Bonchev–Trinajstić information content (AvgIpc) is 3.59. The van der Waals surface area contributed by atoms with E-state index in [1.807, 2.05) is 60.7 Å². The number of carbonyl (C=O) groups is 3. The van der Waals surface area contributed by atoms with E-state index in [9.17, 15) is 19.5 Å². The van der Waals surface area contributed by atoms with Crippen molar-refractivity contribution in [3.8, 4) is 0 Å². The lowest BCUT2D eigenvalue weighted by molar-refractivity contribution is -0.145. The molecule has 5 rings (SSSR count). The number of carbonyl (C=O) groups excluding carboxylic acids is 3. The topological polar surface area (TPSA) is 81.2 Å². The lowest BCUT2D eigenvalue weighted by Crippen LogP contribution is -2.55. The van der Waals surface area contributed by atoms with Crippen molar-refractivity contribution < 1.29 is 19.5 Å². The van der Waals surface area contributed by atoms with Crippen LogP contribution in [0.4, 0.5) is 0 Å². The van der Waals surface area contributed by atoms with E-state index in [0.717, 1.165) is 11.1 Å². The first kappa shape index (κ1) is 30.6. The van der Waals surface area contributed by atoms with Crippen LogP contribution in [0.2, 0.25) is 0 Å². The molecule has 6 atom stereocenters. The van der Waals surface area contributed by atoms with Gasteiger partial charge in [0.1, 0.15) is 6.04 Å². The number of benzene rings is 2. The van der Waals surface area contributed by atoms with E-state index < -0.39 is 22.6 Å². The third kappa shape index (κ3) is 5.58. The molecule has 1 N–H and O–H groups in total. The number of likely N-dealkylation sites (tertiary alicyclic amines) is 1. The van der Waals surface area contributed by atoms with Crippen molar-refractivity contribution in [3.05, 3.63) is 97.1 Å². The molecule has 3 unspecified atom stereocenters. The molecule has 2 aromatic rings. The van der Waals surface area contributed by atoms with Crippen LogP contribution in [0.3, 0.4) is 0 Å². The smallest absolute Gasteiger partial charge is 0.247 e. The molecule has 2 bridgehead atoms. The molecule has 3 fully saturated rings. The third-order valence-corrected chi connectivity index (χ3v) is 11.8. The van der Waals surface area contributed by atoms with Crippen LogP contribution in [-0.4, -0.2) is 84.6 Å². The minimum Gasteiger partial charge on any atom is -0.396 e. The molecule has 3 aliphatic rings. The third-order valence-electron chi connectivity index (χ3n) is 8.62. The zero-order chi connectivity index (χ0) is 29.9. The summed E-state index contributed by atoms with van der Waals surface area (Å²) in [4.78, 5) is 48.4. The maximum atomic E-state index is 14.5. The van der Waals surface area contributed by atoms with Crippen molar-refractivity contribution in [1.82, 2.24) is 14.7 Å². The summed E-state index contributed by atoms with van der Waals surface area (Å²) in [7, 11) is 0. The summed E-state index contributed by atoms with van der Waals surface area (Å²) in [5, 5.41) is 9.55. The van der Waals surface area contributed by atoms with Gasteiger partial charge in [0.2, 0.25) is 17.7 Å². The molecule has 0 saturated carbocycles. The van der Waals surface area contributed by atoms with Crippen molar-refractivity contribution in [2.45, 2.75) is 46.8 Å². The van der Waals surface area contributed by atoms with Gasteiger partial charge in [-0.2, -0.15) is 0 Å². The normalized spacial score (nSPS) is 27.5. The molecular formula is C33H38BrN3O4S. The highest BCUT2D eigenvalue weighted by molar-refractivity contribution is 9.09. The largest absolute Gasteiger partial charge is 0.396 e. The number of alkyl halides is 1. The lowest BCUT2D eigenvalue weighted by atomic mass is 9.70. The van der Waals surface area contributed by atoms with Gasteiger partial charge in [0.05, 0.1) is 16.6 Å². The number of amides is 3. The van der Waals surface area contributed by atoms with Crippen LogP contribution in [-0.2, 0) is 27.5 Å². The number of aliphatic hydroxyl groups is 1. The first-order valence-electron chi connectivity index (χ1n) is 14.5. The Labute approximate surface area is 260 Å². The van der Waals surface area contributed by atoms with Gasteiger partial charge in [0.15, 0.2) is 0 Å². The van der Waals surface area contributed by atoms with Gasteiger partial charge in [-0.15, -0.1) is 24.9 Å². The van der Waals surface area contributed by atoms with Gasteiger partial charge >= 0.3 is 0 Å². The molecule has 0 radical (unpaired) electrons. The van der Waals surface area contributed by atoms with Crippen LogP contribution in [0.15, 0.2) is 86.0 Å². The molecular weight excluding hydrogens is 614 g/mol. The molecule has 222 valence electrons. The Morgan fingerprint density at radius 2 is 1.52 bits per heavy atom. The average molecular weight is 653 g/mol. The molecule has 7 nitrogen and oxygen atoms in total. The molecule has 3 amide bonds. The Hall–Kier alpha value is -2.88. The van der Waals surface area contributed by atoms with Gasteiger partial charge in [0, 0.05) is 49.4 Å². The number of rotatable bonds is 13. The summed E-state index contributed by atoms with van der Waals surface area (Å²) in [5.41, 5.74) is 1.99. The highest BCUT2D eigenvalue weighted by atomic mass is 79.9. The Morgan fingerprint density at radius 3 is 2.05 bits per heavy atom. The Morgan fingerprint density at radius 1 is 0.976 bits per heavy atom. The van der Waals surface area contributed by atoms with E-state index in [1.54, 1.807) is 38.6 Å². The maximum absolute atomic E-state index is 14.5. The fourth-order valence-electron chi connectivity index (χ4n) is 6.94. The van der Waals surface area contributed by atoms with Crippen LogP contribution in [0, 0.1) is 11.8 Å². The zero-order valence-corrected chi connectivity index (χ0v) is 26.1. The summed E-state index contributed by atoms with van der Waals surface area (Å²) in [6.07, 6.45) is 4.40. The number of hydrogen-bond acceptors (Lipinski definition) is 5. The number of thioether (sulfide) groups is 1. The van der Waals surface area contributed by atoms with E-state index in [0.29, 0.717) is 39.0 Å². The predicted molar refractivity (Wildman–Crippen MR) is 170 cm³/mol. The Bertz CT molecular complexity index is 1310. The van der Waals surface area contributed by atoms with Crippen molar-refractivity contribution >= 4 is 45.4 Å². The van der Waals surface area contributed by atoms with Crippen molar-refractivity contribution in [2.75, 3.05) is 26.2 Å². The second-order valence-corrected chi connectivity index (χ2v) is 14.0. The van der Waals surface area contributed by atoms with E-state index >= 15 is 0 Å². The molecule has 3 aliphatic heterocycles. The summed E-state index contributed by atoms with van der Waals surface area (Å²) >= 11 is 5.49. The minimum atomic E-state index is -0.745. The molecule has 42 heavy (non-hydrogen) atoms. The highest BCUT2D eigenvalue weighted by Gasteiger charge is 2.76. The fourth-order valence-corrected chi connectivity index (χ4v) is 10.5. The number of aliphatic hydroxyl groups excluding tert-OH is 1. The molecule has 9 heteroatoms. The molecule has 3 saturated heterocycles. The summed E-state index contributed by atoms with van der Waals surface area (Å²) < 4.78 is -0.745. The SMILES string of the molecule is C=CCN(Cc1ccccc1)C(=O)C1N(CCCO)C(=O)[C@@H]2[C@H](C(=O)N(CC=C)Cc3ccccc3)[C@H]3SC12CC3Br. The molecule has 1 spiro atoms. The quantitative estimate of drug-likeness (QED) is 0.259. The van der Waals surface area contributed by atoms with Crippen molar-refractivity contribution in [2.24, 2.45) is 11.8 Å². The summed E-state index contributed by atoms with van der Waals surface area (Å²) in [5.74, 6) is -1.57. The maximum Gasteiger partial charge on any atom is 0.247 e. The van der Waals surface area contributed by atoms with Gasteiger partial charge < -0.3 is 19.8 Å². The molecule has 0 aromatic heterocycles. The van der Waals surface area contributed by atoms with E-state index in [2.05, 4.69) is 29.1 Å². The lowest BCUT2D eigenvalue weighted by Gasteiger charge is -2.38. The fraction of sp³-hybridized carbons (Fsp3) is 0.424. The predicted octanol–water partition coefficient (Wildman–Crippen LogP) is 4.26. The van der Waals surface area contributed by atoms with Gasteiger partial charge in [-0.1, -0.05) is 88.7 Å². The van der Waals surface area contributed by atoms with Crippen molar-refractivity contribution in [1.29, 1.82) is 0 Å². The molecule has 2 aromatic carbocycles. The number of fused-ring (bicyclic) bond motifs is 1. The Balaban J connectivity index is 1.51. The first-order chi connectivity index (χ1) is 20.4.